The Kier molecular flexibility index (Phi) is 4.97. The number of carbonyl (C=O) groups excluding carboxylic acids is 1. The molecule has 1 atom stereocenters. The Labute approximate surface area is 107 Å². The van der Waals surface area contributed by atoms with Gasteiger partial charge >= 0.3 is 5.97 Å². The van der Waals surface area contributed by atoms with Crippen molar-refractivity contribution in [2.45, 2.75) is 19.4 Å². The fourth-order valence-corrected chi connectivity index (χ4v) is 1.51. The highest BCUT2D eigenvalue weighted by Crippen LogP contribution is 2.22. The summed E-state index contributed by atoms with van der Waals surface area (Å²) in [7, 11) is 3.69. The van der Waals surface area contributed by atoms with Crippen molar-refractivity contribution in [3.63, 3.8) is 0 Å². The number of hydrogen-bond donors (Lipinski definition) is 2. The van der Waals surface area contributed by atoms with Gasteiger partial charge in [0.2, 0.25) is 0 Å². The van der Waals surface area contributed by atoms with Gasteiger partial charge in [0.1, 0.15) is 0 Å². The highest BCUT2D eigenvalue weighted by Gasteiger charge is 2.15. The van der Waals surface area contributed by atoms with Crippen LogP contribution < -0.4 is 10.6 Å². The molecule has 0 saturated heterocycles. The number of benzene rings is 1. The van der Waals surface area contributed by atoms with Crippen molar-refractivity contribution in [2.24, 2.45) is 0 Å². The third-order valence-corrected chi connectivity index (χ3v) is 2.49. The number of aliphatic hydroxyl groups is 1. The van der Waals surface area contributed by atoms with Crippen LogP contribution >= 0.6 is 0 Å². The normalized spacial score (nSPS) is 12.0. The summed E-state index contributed by atoms with van der Waals surface area (Å²) in [6, 6.07) is 5.11. The first-order valence-electron chi connectivity index (χ1n) is 5.84. The van der Waals surface area contributed by atoms with Crippen LogP contribution in [0.4, 0.5) is 11.4 Å². The zero-order valence-corrected chi connectivity index (χ0v) is 11.0. The van der Waals surface area contributed by atoms with Gasteiger partial charge in [-0.2, -0.15) is 0 Å². The van der Waals surface area contributed by atoms with Gasteiger partial charge in [-0.05, 0) is 25.1 Å². The minimum absolute atomic E-state index is 0.193. The molecule has 1 rings (SSSR count). The Hall–Kier alpha value is -1.75. The van der Waals surface area contributed by atoms with Crippen LogP contribution in [0.5, 0.6) is 0 Å². The molecule has 18 heavy (non-hydrogen) atoms. The van der Waals surface area contributed by atoms with Crippen molar-refractivity contribution in [1.29, 1.82) is 0 Å². The summed E-state index contributed by atoms with van der Waals surface area (Å²) in [5.41, 5.74) is 7.38. The molecule has 0 heterocycles. The van der Waals surface area contributed by atoms with Crippen LogP contribution in [0.25, 0.3) is 0 Å². The molecule has 0 aliphatic carbocycles. The van der Waals surface area contributed by atoms with Crippen LogP contribution in [0.15, 0.2) is 18.2 Å². The minimum Gasteiger partial charge on any atom is -0.462 e. The van der Waals surface area contributed by atoms with Gasteiger partial charge in [-0.1, -0.05) is 0 Å². The van der Waals surface area contributed by atoms with Crippen LogP contribution in [0.1, 0.15) is 23.7 Å². The van der Waals surface area contributed by atoms with Gasteiger partial charge in [0.15, 0.2) is 0 Å². The molecule has 0 aliphatic rings. The van der Waals surface area contributed by atoms with Gasteiger partial charge in [-0.15, -0.1) is 0 Å². The molecular formula is C13H20N2O3. The Balaban J connectivity index is 2.80. The van der Waals surface area contributed by atoms with Crippen molar-refractivity contribution in [1.82, 2.24) is 0 Å². The Morgan fingerprint density at radius 3 is 2.72 bits per heavy atom. The number of carbonyl (C=O) groups is 1. The molecule has 1 unspecified atom stereocenters. The van der Waals surface area contributed by atoms with Crippen molar-refractivity contribution in [3.05, 3.63) is 23.8 Å². The van der Waals surface area contributed by atoms with E-state index in [1.807, 2.05) is 19.0 Å². The lowest BCUT2D eigenvalue weighted by molar-refractivity contribution is 0.0445. The molecule has 5 nitrogen and oxygen atoms in total. The molecule has 100 valence electrons. The summed E-state index contributed by atoms with van der Waals surface area (Å²) >= 11 is 0. The van der Waals surface area contributed by atoms with E-state index in [0.717, 1.165) is 5.69 Å². The molecule has 0 radical (unpaired) electrons. The van der Waals surface area contributed by atoms with Gasteiger partial charge in [0, 0.05) is 26.2 Å². The molecule has 0 bridgehead atoms. The Bertz CT molecular complexity index is 417. The molecule has 3 N–H and O–H groups in total. The maximum Gasteiger partial charge on any atom is 0.340 e. The summed E-state index contributed by atoms with van der Waals surface area (Å²) in [5, 5.41) is 9.10. The summed E-state index contributed by atoms with van der Waals surface area (Å²) in [6.45, 7) is 1.84. The summed E-state index contributed by atoms with van der Waals surface area (Å²) < 4.78 is 5.10. The Morgan fingerprint density at radius 1 is 1.50 bits per heavy atom. The molecule has 0 aliphatic heterocycles. The van der Waals surface area contributed by atoms with E-state index in [4.69, 9.17) is 15.6 Å². The SMILES string of the molecule is CC(O)CCOC(=O)c1cc(N)ccc1N(C)C. The minimum atomic E-state index is -0.480. The molecule has 0 amide bonds. The van der Waals surface area contributed by atoms with Crippen molar-refractivity contribution >= 4 is 17.3 Å². The van der Waals surface area contributed by atoms with Gasteiger partial charge in [-0.25, -0.2) is 4.79 Å². The number of nitrogens with zero attached hydrogens (tertiary/aromatic N) is 1. The molecule has 1 aromatic rings. The van der Waals surface area contributed by atoms with E-state index >= 15 is 0 Å². The number of nitrogen functional groups attached to an aromatic ring is 1. The average Bonchev–Trinajstić information content (AvgIpc) is 2.27. The highest BCUT2D eigenvalue weighted by atomic mass is 16.5. The van der Waals surface area contributed by atoms with E-state index in [-0.39, 0.29) is 6.61 Å². The fourth-order valence-electron chi connectivity index (χ4n) is 1.51. The Morgan fingerprint density at radius 2 is 2.17 bits per heavy atom. The zero-order chi connectivity index (χ0) is 13.7. The largest absolute Gasteiger partial charge is 0.462 e. The number of esters is 1. The highest BCUT2D eigenvalue weighted by molar-refractivity contribution is 5.96. The summed E-state index contributed by atoms with van der Waals surface area (Å²) in [6.07, 6.45) is -0.0577. The molecule has 5 heteroatoms. The van der Waals surface area contributed by atoms with Crippen LogP contribution in [0.2, 0.25) is 0 Å². The quantitative estimate of drug-likeness (QED) is 0.609. The van der Waals surface area contributed by atoms with Crippen LogP contribution in [0.3, 0.4) is 0 Å². The average molecular weight is 252 g/mol. The summed E-state index contributed by atoms with van der Waals surface area (Å²) in [5.74, 6) is -0.424. The molecule has 1 aromatic carbocycles. The van der Waals surface area contributed by atoms with Crippen molar-refractivity contribution in [3.8, 4) is 0 Å². The lowest BCUT2D eigenvalue weighted by Crippen LogP contribution is -2.17. The van der Waals surface area contributed by atoms with Crippen LogP contribution in [-0.2, 0) is 4.74 Å². The van der Waals surface area contributed by atoms with Gasteiger partial charge in [0.25, 0.3) is 0 Å². The molecule has 0 fully saturated rings. The molecule has 0 saturated carbocycles. The predicted octanol–water partition coefficient (Wildman–Crippen LogP) is 1.26. The summed E-state index contributed by atoms with van der Waals surface area (Å²) in [4.78, 5) is 13.7. The lowest BCUT2D eigenvalue weighted by atomic mass is 10.1. The number of anilines is 2. The first kappa shape index (κ1) is 14.3. The number of aliphatic hydroxyl groups excluding tert-OH is 1. The number of nitrogens with two attached hydrogens (primary N) is 1. The number of rotatable bonds is 5. The maximum absolute atomic E-state index is 11.9. The third kappa shape index (κ3) is 3.92. The smallest absolute Gasteiger partial charge is 0.340 e. The van der Waals surface area contributed by atoms with E-state index in [1.54, 1.807) is 25.1 Å². The second-order valence-electron chi connectivity index (χ2n) is 4.44. The predicted molar refractivity (Wildman–Crippen MR) is 71.8 cm³/mol. The van der Waals surface area contributed by atoms with E-state index < -0.39 is 12.1 Å². The van der Waals surface area contributed by atoms with Crippen LogP contribution in [0, 0.1) is 0 Å². The fraction of sp³-hybridized carbons (Fsp3) is 0.462. The standard InChI is InChI=1S/C13H20N2O3/c1-9(16)6-7-18-13(17)11-8-10(14)4-5-12(11)15(2)3/h4-5,8-9,16H,6-7,14H2,1-3H3. The molecule has 0 spiro atoms. The van der Waals surface area contributed by atoms with Gasteiger partial charge < -0.3 is 20.5 Å². The van der Waals surface area contributed by atoms with Gasteiger partial charge in [0.05, 0.1) is 24.0 Å². The second kappa shape index (κ2) is 6.26. The maximum atomic E-state index is 11.9. The molecule has 0 aromatic heterocycles. The van der Waals surface area contributed by atoms with Crippen molar-refractivity contribution in [2.75, 3.05) is 31.3 Å². The number of ether oxygens (including phenoxy) is 1. The third-order valence-electron chi connectivity index (χ3n) is 2.49. The second-order valence-corrected chi connectivity index (χ2v) is 4.44. The van der Waals surface area contributed by atoms with E-state index in [9.17, 15) is 4.79 Å². The van der Waals surface area contributed by atoms with E-state index in [0.29, 0.717) is 17.7 Å². The zero-order valence-electron chi connectivity index (χ0n) is 11.0. The topological polar surface area (TPSA) is 75.8 Å². The number of hydrogen-bond acceptors (Lipinski definition) is 5. The van der Waals surface area contributed by atoms with Gasteiger partial charge in [-0.3, -0.25) is 0 Å². The van der Waals surface area contributed by atoms with E-state index in [1.165, 1.54) is 0 Å². The first-order valence-corrected chi connectivity index (χ1v) is 5.84. The monoisotopic (exact) mass is 252 g/mol. The van der Waals surface area contributed by atoms with E-state index in [2.05, 4.69) is 0 Å². The van der Waals surface area contributed by atoms with Crippen LogP contribution in [-0.4, -0.2) is 37.9 Å². The molecular weight excluding hydrogens is 232 g/mol. The lowest BCUT2D eigenvalue weighted by Gasteiger charge is -2.17. The first-order chi connectivity index (χ1) is 8.41. The van der Waals surface area contributed by atoms with Crippen molar-refractivity contribution < 1.29 is 14.6 Å².